The molecule has 0 heterocycles. The van der Waals surface area contributed by atoms with Crippen molar-refractivity contribution < 1.29 is 209 Å². The third kappa shape index (κ3) is 41.9. The minimum atomic E-state index is -3.61. The number of hydrogen-bond donors (Lipinski definition) is 14. The Morgan fingerprint density at radius 1 is 0.254 bits per heavy atom. The van der Waals surface area contributed by atoms with E-state index in [1.54, 1.807) is 0 Å². The molecule has 0 spiro atoms. The maximum atomic E-state index is 12.5. The molecule has 4 fully saturated rings. The molecule has 7 aromatic carbocycles. The molecule has 10 unspecified atom stereocenters. The largest absolute Gasteiger partial charge is 0.566 e. The van der Waals surface area contributed by atoms with Crippen LogP contribution in [-0.2, 0) is 173 Å². The van der Waals surface area contributed by atoms with Gasteiger partial charge in [0.2, 0.25) is 0 Å². The summed E-state index contributed by atoms with van der Waals surface area (Å²) in [5, 5.41) is 122. The van der Waals surface area contributed by atoms with Gasteiger partial charge in [-0.3, -0.25) is 33.6 Å². The quantitative estimate of drug-likeness (QED) is 0.00764. The van der Waals surface area contributed by atoms with Crippen molar-refractivity contribution in [2.45, 2.75) is 241 Å². The van der Waals surface area contributed by atoms with Crippen molar-refractivity contribution in [2.24, 2.45) is 0 Å². The van der Waals surface area contributed by atoms with Crippen molar-refractivity contribution in [1.82, 2.24) is 0 Å². The van der Waals surface area contributed by atoms with Gasteiger partial charge in [-0.1, -0.05) is 212 Å². The number of benzene rings is 7. The Labute approximate surface area is 773 Å². The highest BCUT2D eigenvalue weighted by atomic mass is 31.1. The molecular weight excluding hydrogens is 1860 g/mol. The third-order valence-electron chi connectivity index (χ3n) is 19.0. The predicted octanol–water partition coefficient (Wildman–Crippen LogP) is 3.59. The molecule has 0 aliphatic heterocycles. The van der Waals surface area contributed by atoms with Crippen LogP contribution in [0.5, 0.6) is 0 Å². The zero-order valence-corrected chi connectivity index (χ0v) is 76.5. The van der Waals surface area contributed by atoms with E-state index in [2.05, 4.69) is 38.4 Å². The van der Waals surface area contributed by atoms with Gasteiger partial charge < -0.3 is 128 Å². The van der Waals surface area contributed by atoms with Crippen molar-refractivity contribution in [1.29, 1.82) is 0 Å². The first-order valence-corrected chi connectivity index (χ1v) is 44.0. The molecule has 4 saturated carbocycles. The van der Waals surface area contributed by atoms with Gasteiger partial charge in [0.05, 0.1) is 46.2 Å². The third-order valence-corrected chi connectivity index (χ3v) is 20.0. The number of rotatable bonds is 30. The summed E-state index contributed by atoms with van der Waals surface area (Å²) in [6.45, 7) is 9.67. The lowest BCUT2D eigenvalue weighted by atomic mass is 9.83. The number of carbonyl (C=O) groups excluding carboxylic acids is 7. The predicted molar refractivity (Wildman–Crippen MR) is 456 cm³/mol. The summed E-state index contributed by atoms with van der Waals surface area (Å²) in [6, 6.07) is 69.2. The van der Waals surface area contributed by atoms with Crippen LogP contribution in [0.4, 0.5) is 0 Å². The number of esters is 7. The molecular formula is C87H108O43P4. The van der Waals surface area contributed by atoms with Crippen LogP contribution in [0.3, 0.4) is 0 Å². The van der Waals surface area contributed by atoms with Crippen LogP contribution < -0.4 is 9.79 Å². The normalized spacial score (nSPS) is 26.6. The fraction of sp³-hybridized carbons (Fsp3) is 0.437. The fourth-order valence-corrected chi connectivity index (χ4v) is 14.0. The van der Waals surface area contributed by atoms with E-state index in [0.29, 0.717) is 13.2 Å². The van der Waals surface area contributed by atoms with E-state index in [0.717, 1.165) is 62.4 Å². The van der Waals surface area contributed by atoms with Crippen LogP contribution in [0.15, 0.2) is 212 Å². The number of hydrogen-bond acceptors (Lipinski definition) is 43. The summed E-state index contributed by atoms with van der Waals surface area (Å²) < 4.78 is 126. The van der Waals surface area contributed by atoms with Crippen LogP contribution >= 0.6 is 33.9 Å². The SMILES string of the molecule is CC(=O)OC(C)=O.CC(=O)OC1C(OC(C)=O)[C@H](OC(C)=O)C(O[P+](=O)[O-])C(OC(C)=O)[C@@H]1OC(C)=O.O=POO.O=POO.O=[P+]([O-])OC1C(OCc2ccccc2)[C@H](OCc2ccccc2)C(OCc2ccccc2)C(OCc2ccccc2)[C@@H]1OCc1ccccc1.OC1C(O)C(O)C(O)C(O)C1O.OC1C(O)C(O)C(O)C(O)C1O.c1ccc(COCc2ccccc2)cc1. The minimum absolute atomic E-state index is 0.179. The Hall–Kier alpha value is -9.61. The molecule has 134 heavy (non-hydrogen) atoms. The first kappa shape index (κ1) is 117. The molecule has 11 rings (SSSR count). The van der Waals surface area contributed by atoms with Crippen molar-refractivity contribution in [3.63, 3.8) is 0 Å². The second kappa shape index (κ2) is 63.7. The topological polar surface area (TPSA) is 665 Å². The molecule has 47 heteroatoms. The molecule has 7 aromatic rings. The first-order chi connectivity index (χ1) is 63.8. The smallest absolute Gasteiger partial charge is 0.489 e. The van der Waals surface area contributed by atoms with Crippen LogP contribution in [0.2, 0.25) is 0 Å². The van der Waals surface area contributed by atoms with Crippen molar-refractivity contribution in [2.75, 3.05) is 0 Å². The van der Waals surface area contributed by atoms with Gasteiger partial charge >= 0.3 is 75.7 Å². The number of ether oxygens (including phenoxy) is 12. The minimum Gasteiger partial charge on any atom is -0.566 e. The Kier molecular flexibility index (Phi) is 55.4. The summed E-state index contributed by atoms with van der Waals surface area (Å²) in [7, 11) is -8.32. The monoisotopic (exact) mass is 1960 g/mol. The zero-order chi connectivity index (χ0) is 99.5. The second-order valence-corrected chi connectivity index (χ2v) is 31.0. The molecule has 4 aliphatic carbocycles. The summed E-state index contributed by atoms with van der Waals surface area (Å²) in [6.07, 6.45) is -35.2. The Bertz CT molecular complexity index is 4100. The lowest BCUT2D eigenvalue weighted by Gasteiger charge is -2.48. The fourth-order valence-electron chi connectivity index (χ4n) is 13.2. The van der Waals surface area contributed by atoms with E-state index in [9.17, 15) is 52.5 Å². The van der Waals surface area contributed by atoms with Gasteiger partial charge in [0.1, 0.15) is 104 Å². The zero-order valence-electron chi connectivity index (χ0n) is 72.9. The summed E-state index contributed by atoms with van der Waals surface area (Å²) >= 11 is 0. The van der Waals surface area contributed by atoms with Crippen LogP contribution in [0.25, 0.3) is 0 Å². The average Bonchev–Trinajstić information content (AvgIpc) is 0.762. The number of aliphatic hydroxyl groups is 12. The van der Waals surface area contributed by atoms with Gasteiger partial charge in [-0.15, -0.1) is 18.4 Å². The Morgan fingerprint density at radius 2 is 0.396 bits per heavy atom. The standard InChI is InChI=1S/C41H41O8P.C16H21O13P.C14H14O.2C6H12O6.C4H6O3.2HO3P/c42-50(43)49-41-39(47-29-34-22-12-4-13-23-34)37(45-27-32-18-8-2-9-19-32)36(44-26-31-16-6-1-7-17-31)38(46-28-33-20-10-3-11-21-33)40(41)48-30-35-24-14-5-15-25-35;1-6(17)24-11-12(25-7(2)18)14(27-9(4)20)16(29-30(22)23)15(28-10(5)21)13(11)26-8(3)19;1-3-7-13(8-4-1)11-15-12-14-9-5-2-6-10-14;2*7-1-2(8)4(10)6(12)5(11)3(1)9;1-3(5)7-4(2)6;2*1-3-4-2/h1-25,36-41H,26-30H2;11-16H,1-5H3;1-10H,11-12H2;2*1-12H;1-2H3;2*1H/t36?,37-,38?,39?,40+,41?;11?,12-,13?,14?,15+,16?;;;;;;/m11....../s1. The molecule has 0 saturated heterocycles. The molecule has 4 aliphatic rings. The Morgan fingerprint density at radius 3 is 0.530 bits per heavy atom. The van der Waals surface area contributed by atoms with Gasteiger partial charge in [0.15, 0.2) is 42.7 Å². The van der Waals surface area contributed by atoms with Gasteiger partial charge in [-0.2, -0.15) is 0 Å². The van der Waals surface area contributed by atoms with E-state index in [1.165, 1.54) is 25.0 Å². The average molecular weight is 1970 g/mol. The molecule has 0 bridgehead atoms. The van der Waals surface area contributed by atoms with E-state index >= 15 is 0 Å². The molecule has 734 valence electrons. The van der Waals surface area contributed by atoms with Gasteiger partial charge in [-0.25, -0.2) is 19.6 Å². The number of aliphatic hydroxyl groups excluding tert-OH is 12. The molecule has 14 N–H and O–H groups in total. The molecule has 0 aromatic heterocycles. The first-order valence-electron chi connectivity index (χ1n) is 40.3. The lowest BCUT2D eigenvalue weighted by Crippen LogP contribution is -2.68. The van der Waals surface area contributed by atoms with E-state index < -0.39 is 222 Å². The van der Waals surface area contributed by atoms with Crippen LogP contribution in [0.1, 0.15) is 87.4 Å². The summed E-state index contributed by atoms with van der Waals surface area (Å²) in [4.78, 5) is 102. The maximum absolute atomic E-state index is 12.5. The highest BCUT2D eigenvalue weighted by Crippen LogP contribution is 2.41. The van der Waals surface area contributed by atoms with Crippen LogP contribution in [-0.4, -0.2) is 260 Å². The molecule has 43 nitrogen and oxygen atoms in total. The van der Waals surface area contributed by atoms with E-state index in [1.807, 2.05) is 188 Å². The molecule has 0 amide bonds. The molecule has 0 radical (unpaired) electrons. The molecule has 14 atom stereocenters. The Balaban J connectivity index is 0.000000375. The van der Waals surface area contributed by atoms with E-state index in [-0.39, 0.29) is 33.0 Å². The van der Waals surface area contributed by atoms with Gasteiger partial charge in [0.25, 0.3) is 0 Å². The summed E-state index contributed by atoms with van der Waals surface area (Å²) in [5.74, 6) is -5.77. The highest BCUT2D eigenvalue weighted by Gasteiger charge is 2.62. The highest BCUT2D eigenvalue weighted by molar-refractivity contribution is 7.30. The number of carbonyl (C=O) groups is 7. The lowest BCUT2D eigenvalue weighted by molar-refractivity contribution is -0.286. The van der Waals surface area contributed by atoms with E-state index in [4.69, 9.17) is 142 Å². The summed E-state index contributed by atoms with van der Waals surface area (Å²) in [5.41, 5.74) is 7.08. The van der Waals surface area contributed by atoms with Crippen molar-refractivity contribution in [3.8, 4) is 0 Å². The van der Waals surface area contributed by atoms with Crippen molar-refractivity contribution in [3.05, 3.63) is 251 Å². The second-order valence-electron chi connectivity index (χ2n) is 29.0. The van der Waals surface area contributed by atoms with Gasteiger partial charge in [-0.05, 0) is 48.1 Å². The van der Waals surface area contributed by atoms with Crippen molar-refractivity contribution >= 4 is 75.7 Å². The van der Waals surface area contributed by atoms with Crippen LogP contribution in [0, 0.1) is 0 Å². The maximum Gasteiger partial charge on any atom is 0.489 e. The van der Waals surface area contributed by atoms with Gasteiger partial charge in [0, 0.05) is 48.5 Å².